The minimum absolute atomic E-state index is 0.163. The van der Waals surface area contributed by atoms with Crippen LogP contribution in [0.3, 0.4) is 0 Å². The molecule has 1 atom stereocenters. The van der Waals surface area contributed by atoms with E-state index in [1.807, 2.05) is 6.92 Å². The Balaban J connectivity index is 2.20. The molecule has 0 spiro atoms. The summed E-state index contributed by atoms with van der Waals surface area (Å²) < 4.78 is 27.2. The summed E-state index contributed by atoms with van der Waals surface area (Å²) in [6, 6.07) is 3.55. The van der Waals surface area contributed by atoms with Gasteiger partial charge in [-0.05, 0) is 37.3 Å². The standard InChI is InChI=1S/C15H25N3O2S/c1-3-6-13-8-11-18(12-13)21(19,20)15-14(16-9-4-2)7-5-10-17-15/h5,7,10,13,16H,3-4,6,8-9,11-12H2,1-2H3. The molecule has 118 valence electrons. The Kier molecular flexibility index (Phi) is 5.58. The van der Waals surface area contributed by atoms with Crippen LogP contribution in [0.2, 0.25) is 0 Å². The van der Waals surface area contributed by atoms with E-state index in [4.69, 9.17) is 0 Å². The quantitative estimate of drug-likeness (QED) is 0.841. The predicted octanol–water partition coefficient (Wildman–Crippen LogP) is 2.71. The summed E-state index contributed by atoms with van der Waals surface area (Å²) in [5, 5.41) is 3.32. The van der Waals surface area contributed by atoms with Crippen molar-refractivity contribution in [3.05, 3.63) is 18.3 Å². The van der Waals surface area contributed by atoms with E-state index in [1.165, 1.54) is 0 Å². The summed E-state index contributed by atoms with van der Waals surface area (Å²) in [5.41, 5.74) is 0.610. The largest absolute Gasteiger partial charge is 0.383 e. The Labute approximate surface area is 127 Å². The highest BCUT2D eigenvalue weighted by molar-refractivity contribution is 7.89. The molecule has 1 aliphatic heterocycles. The molecule has 1 unspecified atom stereocenters. The first-order chi connectivity index (χ1) is 10.1. The molecule has 1 aromatic rings. The second-order valence-electron chi connectivity index (χ2n) is 5.59. The number of anilines is 1. The number of nitrogens with zero attached hydrogens (tertiary/aromatic N) is 2. The molecule has 2 rings (SSSR count). The number of aromatic nitrogens is 1. The second kappa shape index (κ2) is 7.22. The number of hydrogen-bond acceptors (Lipinski definition) is 4. The molecule has 1 fully saturated rings. The first-order valence-electron chi connectivity index (χ1n) is 7.78. The van der Waals surface area contributed by atoms with E-state index in [0.29, 0.717) is 24.7 Å². The lowest BCUT2D eigenvalue weighted by Crippen LogP contribution is -2.30. The first kappa shape index (κ1) is 16.2. The molecule has 0 bridgehead atoms. The highest BCUT2D eigenvalue weighted by Crippen LogP contribution is 2.29. The van der Waals surface area contributed by atoms with Crippen LogP contribution in [0.1, 0.15) is 39.5 Å². The lowest BCUT2D eigenvalue weighted by Gasteiger charge is -2.18. The van der Waals surface area contributed by atoms with Crippen LogP contribution in [0.25, 0.3) is 0 Å². The minimum Gasteiger partial charge on any atom is -0.383 e. The first-order valence-corrected chi connectivity index (χ1v) is 9.22. The van der Waals surface area contributed by atoms with Crippen LogP contribution in [0, 0.1) is 5.92 Å². The molecular formula is C15H25N3O2S. The molecule has 0 amide bonds. The predicted molar refractivity (Wildman–Crippen MR) is 84.8 cm³/mol. The van der Waals surface area contributed by atoms with Gasteiger partial charge in [0.1, 0.15) is 0 Å². The summed E-state index contributed by atoms with van der Waals surface area (Å²) >= 11 is 0. The SMILES string of the molecule is CCCNc1cccnc1S(=O)(=O)N1CCC(CCC)C1. The van der Waals surface area contributed by atoms with Gasteiger partial charge in [-0.15, -0.1) is 0 Å². The monoisotopic (exact) mass is 311 g/mol. The van der Waals surface area contributed by atoms with Gasteiger partial charge in [0.2, 0.25) is 0 Å². The number of hydrogen-bond donors (Lipinski definition) is 1. The molecule has 0 saturated carbocycles. The molecule has 1 N–H and O–H groups in total. The fraction of sp³-hybridized carbons (Fsp3) is 0.667. The molecule has 1 aromatic heterocycles. The number of pyridine rings is 1. The highest BCUT2D eigenvalue weighted by atomic mass is 32.2. The van der Waals surface area contributed by atoms with E-state index in [1.54, 1.807) is 22.6 Å². The van der Waals surface area contributed by atoms with Crippen molar-refractivity contribution in [1.29, 1.82) is 0 Å². The van der Waals surface area contributed by atoms with Crippen LogP contribution < -0.4 is 5.32 Å². The summed E-state index contributed by atoms with van der Waals surface area (Å²) in [7, 11) is -3.49. The third kappa shape index (κ3) is 3.74. The number of nitrogens with one attached hydrogen (secondary N) is 1. The van der Waals surface area contributed by atoms with Crippen molar-refractivity contribution < 1.29 is 8.42 Å². The summed E-state index contributed by atoms with van der Waals surface area (Å²) in [5.74, 6) is 0.487. The zero-order chi connectivity index (χ0) is 15.3. The normalized spacial score (nSPS) is 19.8. The number of rotatable bonds is 7. The molecule has 1 aliphatic rings. The van der Waals surface area contributed by atoms with Gasteiger partial charge in [0.15, 0.2) is 5.03 Å². The molecule has 2 heterocycles. The van der Waals surface area contributed by atoms with Crippen LogP contribution >= 0.6 is 0 Å². The maximum Gasteiger partial charge on any atom is 0.262 e. The summed E-state index contributed by atoms with van der Waals surface area (Å²) in [4.78, 5) is 4.13. The Hall–Kier alpha value is -1.14. The van der Waals surface area contributed by atoms with Gasteiger partial charge in [0, 0.05) is 25.8 Å². The molecule has 0 radical (unpaired) electrons. The topological polar surface area (TPSA) is 62.3 Å². The van der Waals surface area contributed by atoms with Crippen LogP contribution in [0.15, 0.2) is 23.4 Å². The smallest absolute Gasteiger partial charge is 0.262 e. The van der Waals surface area contributed by atoms with E-state index >= 15 is 0 Å². The van der Waals surface area contributed by atoms with Crippen LogP contribution in [0.4, 0.5) is 5.69 Å². The second-order valence-corrected chi connectivity index (χ2v) is 7.44. The van der Waals surface area contributed by atoms with Gasteiger partial charge >= 0.3 is 0 Å². The Morgan fingerprint density at radius 2 is 2.19 bits per heavy atom. The van der Waals surface area contributed by atoms with Gasteiger partial charge in [-0.2, -0.15) is 4.31 Å². The van der Waals surface area contributed by atoms with Gasteiger partial charge in [-0.1, -0.05) is 20.3 Å². The van der Waals surface area contributed by atoms with Gasteiger partial charge in [-0.25, -0.2) is 13.4 Å². The lowest BCUT2D eigenvalue weighted by molar-refractivity contribution is 0.443. The van der Waals surface area contributed by atoms with Crippen LogP contribution in [-0.4, -0.2) is 37.3 Å². The molecule has 21 heavy (non-hydrogen) atoms. The van der Waals surface area contributed by atoms with Crippen molar-refractivity contribution in [1.82, 2.24) is 9.29 Å². The third-order valence-corrected chi connectivity index (χ3v) is 5.69. The molecular weight excluding hydrogens is 286 g/mol. The average Bonchev–Trinajstić information content (AvgIpc) is 2.95. The van der Waals surface area contributed by atoms with Crippen molar-refractivity contribution in [2.45, 2.75) is 44.6 Å². The average molecular weight is 311 g/mol. The summed E-state index contributed by atoms with van der Waals surface area (Å²) in [6.45, 7) is 6.17. The molecule has 1 saturated heterocycles. The third-order valence-electron chi connectivity index (χ3n) is 3.87. The molecule has 5 nitrogen and oxygen atoms in total. The van der Waals surface area contributed by atoms with Gasteiger partial charge < -0.3 is 5.32 Å². The van der Waals surface area contributed by atoms with Crippen LogP contribution in [-0.2, 0) is 10.0 Å². The maximum absolute atomic E-state index is 12.8. The van der Waals surface area contributed by atoms with Crippen molar-refractivity contribution >= 4 is 15.7 Å². The highest BCUT2D eigenvalue weighted by Gasteiger charge is 2.34. The van der Waals surface area contributed by atoms with Crippen LogP contribution in [0.5, 0.6) is 0 Å². The molecule has 6 heteroatoms. The van der Waals surface area contributed by atoms with Crippen molar-refractivity contribution in [3.8, 4) is 0 Å². The van der Waals surface area contributed by atoms with E-state index in [0.717, 1.165) is 32.2 Å². The van der Waals surface area contributed by atoms with E-state index in [9.17, 15) is 8.42 Å². The molecule has 0 aliphatic carbocycles. The fourth-order valence-corrected chi connectivity index (χ4v) is 4.38. The Bertz CT molecular complexity index is 560. The van der Waals surface area contributed by atoms with Crippen molar-refractivity contribution in [2.24, 2.45) is 5.92 Å². The summed E-state index contributed by atoms with van der Waals surface area (Å²) in [6.07, 6.45) is 5.64. The van der Waals surface area contributed by atoms with Gasteiger partial charge in [0.05, 0.1) is 5.69 Å². The maximum atomic E-state index is 12.8. The van der Waals surface area contributed by atoms with Crippen molar-refractivity contribution in [3.63, 3.8) is 0 Å². The Morgan fingerprint density at radius 3 is 2.90 bits per heavy atom. The van der Waals surface area contributed by atoms with Gasteiger partial charge in [0.25, 0.3) is 10.0 Å². The fourth-order valence-electron chi connectivity index (χ4n) is 2.77. The minimum atomic E-state index is -3.49. The van der Waals surface area contributed by atoms with Gasteiger partial charge in [-0.3, -0.25) is 0 Å². The zero-order valence-electron chi connectivity index (χ0n) is 12.9. The van der Waals surface area contributed by atoms with Crippen molar-refractivity contribution in [2.75, 3.05) is 25.0 Å². The zero-order valence-corrected chi connectivity index (χ0v) is 13.7. The van der Waals surface area contributed by atoms with E-state index in [2.05, 4.69) is 17.2 Å². The Morgan fingerprint density at radius 1 is 1.38 bits per heavy atom. The van der Waals surface area contributed by atoms with E-state index in [-0.39, 0.29) is 5.03 Å². The molecule has 0 aromatic carbocycles. The number of sulfonamides is 1. The lowest BCUT2D eigenvalue weighted by atomic mass is 10.0. The van der Waals surface area contributed by atoms with E-state index < -0.39 is 10.0 Å².